The molecule has 5 nitrogen and oxygen atoms in total. The molecule has 3 N–H and O–H groups in total. The molecule has 0 unspecified atom stereocenters. The summed E-state index contributed by atoms with van der Waals surface area (Å²) in [5, 5.41) is 6.77. The summed E-state index contributed by atoms with van der Waals surface area (Å²) < 4.78 is 0. The van der Waals surface area contributed by atoms with Crippen molar-refractivity contribution in [3.63, 3.8) is 0 Å². The lowest BCUT2D eigenvalue weighted by atomic mass is 10.1. The summed E-state index contributed by atoms with van der Waals surface area (Å²) in [5.74, 6) is 0.721. The van der Waals surface area contributed by atoms with Gasteiger partial charge in [-0.2, -0.15) is 0 Å². The first-order valence-electron chi connectivity index (χ1n) is 7.11. The van der Waals surface area contributed by atoms with Crippen molar-refractivity contribution in [2.24, 2.45) is 5.73 Å². The number of hydrogen-bond acceptors (Lipinski definition) is 6. The van der Waals surface area contributed by atoms with Gasteiger partial charge in [0.25, 0.3) is 0 Å². The Bertz CT molecular complexity index is 791. The number of thiazole rings is 1. The van der Waals surface area contributed by atoms with Crippen molar-refractivity contribution in [3.05, 3.63) is 57.8 Å². The number of nitrogens with two attached hydrogens (primary N) is 1. The van der Waals surface area contributed by atoms with Crippen molar-refractivity contribution < 1.29 is 0 Å². The van der Waals surface area contributed by atoms with Crippen LogP contribution in [0, 0.1) is 6.92 Å². The number of benzene rings is 1. The minimum absolute atomic E-state index is 0.165. The third-order valence-electron chi connectivity index (χ3n) is 3.41. The lowest BCUT2D eigenvalue weighted by molar-refractivity contribution is 0.753. The Morgan fingerprint density at radius 3 is 2.87 bits per heavy atom. The Balaban J connectivity index is 1.73. The highest BCUT2D eigenvalue weighted by molar-refractivity contribution is 7.09. The summed E-state index contributed by atoms with van der Waals surface area (Å²) in [6.45, 7) is 2.53. The van der Waals surface area contributed by atoms with Gasteiger partial charge < -0.3 is 11.1 Å². The third kappa shape index (κ3) is 3.85. The molecule has 1 aromatic carbocycles. The van der Waals surface area contributed by atoms with E-state index in [2.05, 4.69) is 20.3 Å². The summed E-state index contributed by atoms with van der Waals surface area (Å²) in [5.41, 5.74) is 8.90. The zero-order valence-electron chi connectivity index (χ0n) is 12.5. The van der Waals surface area contributed by atoms with Crippen molar-refractivity contribution in [2.75, 3.05) is 11.9 Å². The number of halogens is 1. The number of nitrogens with one attached hydrogen (secondary N) is 1. The molecule has 0 fully saturated rings. The molecule has 1 atom stereocenters. The van der Waals surface area contributed by atoms with Gasteiger partial charge in [0.15, 0.2) is 0 Å². The van der Waals surface area contributed by atoms with E-state index in [1.807, 2.05) is 36.6 Å². The van der Waals surface area contributed by atoms with Crippen LogP contribution in [0.3, 0.4) is 0 Å². The van der Waals surface area contributed by atoms with Gasteiger partial charge in [0, 0.05) is 34.8 Å². The van der Waals surface area contributed by atoms with E-state index in [0.717, 1.165) is 32.7 Å². The molecule has 2 heterocycles. The second kappa shape index (κ2) is 7.04. The molecule has 0 spiro atoms. The van der Waals surface area contributed by atoms with Gasteiger partial charge in [-0.05, 0) is 18.6 Å². The summed E-state index contributed by atoms with van der Waals surface area (Å²) in [4.78, 5) is 12.8. The predicted octanol–water partition coefficient (Wildman–Crippen LogP) is 3.67. The number of aryl methyl sites for hydroxylation is 1. The molecule has 0 saturated carbocycles. The molecule has 118 valence electrons. The van der Waals surface area contributed by atoms with Crippen molar-refractivity contribution in [3.8, 4) is 11.3 Å². The van der Waals surface area contributed by atoms with E-state index >= 15 is 0 Å². The van der Waals surface area contributed by atoms with Gasteiger partial charge >= 0.3 is 0 Å². The summed E-state index contributed by atoms with van der Waals surface area (Å²) in [6, 6.07) is 7.60. The average molecular weight is 346 g/mol. The van der Waals surface area contributed by atoms with Gasteiger partial charge in [0.1, 0.15) is 17.2 Å². The van der Waals surface area contributed by atoms with E-state index in [0.29, 0.717) is 6.54 Å². The van der Waals surface area contributed by atoms with Gasteiger partial charge in [-0.3, -0.25) is 0 Å². The summed E-state index contributed by atoms with van der Waals surface area (Å²) in [7, 11) is 0. The highest BCUT2D eigenvalue weighted by Crippen LogP contribution is 2.25. The number of rotatable bonds is 5. The normalized spacial score (nSPS) is 12.1. The molecule has 7 heteroatoms. The quantitative estimate of drug-likeness (QED) is 0.737. The standard InChI is InChI=1S/C16H16ClN5S/c1-10-2-3-11(6-12(10)17)14-7-15(22-9-21-14)20-8-13(18)16-19-4-5-23-16/h2-7,9,13H,8,18H2,1H3,(H,20,21,22)/t13-/m0/s1. The lowest BCUT2D eigenvalue weighted by Crippen LogP contribution is -2.20. The molecule has 0 aliphatic carbocycles. The summed E-state index contributed by atoms with van der Waals surface area (Å²) >= 11 is 7.73. The topological polar surface area (TPSA) is 76.7 Å². The molecule has 0 saturated heterocycles. The Kier molecular flexibility index (Phi) is 4.85. The van der Waals surface area contributed by atoms with Crippen LogP contribution >= 0.6 is 22.9 Å². The Hall–Kier alpha value is -2.02. The molecule has 3 aromatic rings. The Labute approximate surface area is 143 Å². The molecule has 0 radical (unpaired) electrons. The zero-order chi connectivity index (χ0) is 16.2. The molecular weight excluding hydrogens is 330 g/mol. The van der Waals surface area contributed by atoms with Gasteiger partial charge in [-0.1, -0.05) is 23.7 Å². The first-order chi connectivity index (χ1) is 11.1. The van der Waals surface area contributed by atoms with E-state index < -0.39 is 0 Å². The van der Waals surface area contributed by atoms with Crippen molar-refractivity contribution >= 4 is 28.8 Å². The lowest BCUT2D eigenvalue weighted by Gasteiger charge is -2.11. The monoisotopic (exact) mass is 345 g/mol. The third-order valence-corrected chi connectivity index (χ3v) is 4.72. The molecule has 23 heavy (non-hydrogen) atoms. The molecule has 0 bridgehead atoms. The van der Waals surface area contributed by atoms with Crippen LogP contribution in [-0.4, -0.2) is 21.5 Å². The fourth-order valence-corrected chi connectivity index (χ4v) is 2.90. The molecule has 2 aromatic heterocycles. The smallest absolute Gasteiger partial charge is 0.130 e. The van der Waals surface area contributed by atoms with E-state index in [9.17, 15) is 0 Å². The Morgan fingerprint density at radius 2 is 2.13 bits per heavy atom. The minimum Gasteiger partial charge on any atom is -0.368 e. The van der Waals surface area contributed by atoms with Crippen LogP contribution in [0.5, 0.6) is 0 Å². The predicted molar refractivity (Wildman–Crippen MR) is 94.7 cm³/mol. The van der Waals surface area contributed by atoms with Gasteiger partial charge in [-0.25, -0.2) is 15.0 Å². The van der Waals surface area contributed by atoms with Crippen molar-refractivity contribution in [1.29, 1.82) is 0 Å². The average Bonchev–Trinajstić information content (AvgIpc) is 3.10. The largest absolute Gasteiger partial charge is 0.368 e. The number of nitrogens with zero attached hydrogens (tertiary/aromatic N) is 3. The molecular formula is C16H16ClN5S. The molecule has 3 rings (SSSR count). The number of hydrogen-bond donors (Lipinski definition) is 2. The van der Waals surface area contributed by atoms with Gasteiger partial charge in [0.05, 0.1) is 11.7 Å². The maximum atomic E-state index is 6.18. The van der Waals surface area contributed by atoms with Crippen LogP contribution in [0.25, 0.3) is 11.3 Å². The first-order valence-corrected chi connectivity index (χ1v) is 8.36. The maximum absolute atomic E-state index is 6.18. The molecule has 0 aliphatic rings. The second-order valence-electron chi connectivity index (χ2n) is 5.11. The van der Waals surface area contributed by atoms with E-state index in [-0.39, 0.29) is 6.04 Å². The van der Waals surface area contributed by atoms with Crippen LogP contribution in [-0.2, 0) is 0 Å². The van der Waals surface area contributed by atoms with Crippen LogP contribution < -0.4 is 11.1 Å². The fourth-order valence-electron chi connectivity index (χ4n) is 2.08. The van der Waals surface area contributed by atoms with Gasteiger partial charge in [0.2, 0.25) is 0 Å². The zero-order valence-corrected chi connectivity index (χ0v) is 14.1. The fraction of sp³-hybridized carbons (Fsp3) is 0.188. The highest BCUT2D eigenvalue weighted by atomic mass is 35.5. The van der Waals surface area contributed by atoms with Crippen molar-refractivity contribution in [2.45, 2.75) is 13.0 Å². The van der Waals surface area contributed by atoms with Crippen LogP contribution in [0.4, 0.5) is 5.82 Å². The molecule has 0 aliphatic heterocycles. The minimum atomic E-state index is -0.165. The van der Waals surface area contributed by atoms with Crippen LogP contribution in [0.15, 0.2) is 42.2 Å². The molecule has 0 amide bonds. The van der Waals surface area contributed by atoms with E-state index in [1.54, 1.807) is 17.5 Å². The van der Waals surface area contributed by atoms with Crippen LogP contribution in [0.1, 0.15) is 16.6 Å². The van der Waals surface area contributed by atoms with E-state index in [1.165, 1.54) is 6.33 Å². The summed E-state index contributed by atoms with van der Waals surface area (Å²) in [6.07, 6.45) is 3.28. The Morgan fingerprint density at radius 1 is 1.26 bits per heavy atom. The van der Waals surface area contributed by atoms with E-state index in [4.69, 9.17) is 17.3 Å². The highest BCUT2D eigenvalue weighted by Gasteiger charge is 2.09. The van der Waals surface area contributed by atoms with Crippen molar-refractivity contribution in [1.82, 2.24) is 15.0 Å². The van der Waals surface area contributed by atoms with Crippen LogP contribution in [0.2, 0.25) is 5.02 Å². The SMILES string of the molecule is Cc1ccc(-c2cc(NC[C@H](N)c3nccs3)ncn2)cc1Cl. The number of anilines is 1. The second-order valence-corrected chi connectivity index (χ2v) is 6.44. The first kappa shape index (κ1) is 15.9. The number of aromatic nitrogens is 3. The van der Waals surface area contributed by atoms with Gasteiger partial charge in [-0.15, -0.1) is 11.3 Å². The maximum Gasteiger partial charge on any atom is 0.130 e.